The van der Waals surface area contributed by atoms with E-state index >= 15 is 0 Å². The number of nitrogens with one attached hydrogen (secondary N) is 1. The molecule has 0 fully saturated rings. The Bertz CT molecular complexity index is 1310. The van der Waals surface area contributed by atoms with Gasteiger partial charge in [-0.3, -0.25) is 4.79 Å². The first-order valence-electron chi connectivity index (χ1n) is 8.60. The number of aromatic nitrogens is 3. The normalized spacial score (nSPS) is 10.7. The Morgan fingerprint density at radius 2 is 1.93 bits per heavy atom. The number of nitrogens with zero attached hydrogens (tertiary/aromatic N) is 3. The minimum atomic E-state index is -1.34. The van der Waals surface area contributed by atoms with Gasteiger partial charge in [0.2, 0.25) is 5.78 Å². The molecule has 30 heavy (non-hydrogen) atoms. The molecule has 0 saturated heterocycles. The largest absolute Gasteiger partial charge is 0.545 e. The van der Waals surface area contributed by atoms with Gasteiger partial charge in [-0.2, -0.15) is 0 Å². The number of thiazole rings is 1. The Balaban J connectivity index is 1.64. The van der Waals surface area contributed by atoms with Crippen LogP contribution in [-0.4, -0.2) is 26.7 Å². The number of anilines is 2. The van der Waals surface area contributed by atoms with Crippen molar-refractivity contribution < 1.29 is 14.7 Å². The highest BCUT2D eigenvalue weighted by Gasteiger charge is 2.16. The zero-order valence-electron chi connectivity index (χ0n) is 15.3. The molecule has 0 aliphatic carbocycles. The molecule has 148 valence electrons. The molecule has 0 radical (unpaired) electrons. The van der Waals surface area contributed by atoms with Gasteiger partial charge in [-0.05, 0) is 41.5 Å². The van der Waals surface area contributed by atoms with Crippen LogP contribution in [0.4, 0.5) is 11.5 Å². The van der Waals surface area contributed by atoms with Gasteiger partial charge in [0.15, 0.2) is 5.01 Å². The lowest BCUT2D eigenvalue weighted by atomic mass is 10.1. The topological polar surface area (TPSA) is 108 Å². The average Bonchev–Trinajstić information content (AvgIpc) is 3.27. The summed E-state index contributed by atoms with van der Waals surface area (Å²) >= 11 is 7.57. The summed E-state index contributed by atoms with van der Waals surface area (Å²) in [4.78, 5) is 36.0. The van der Waals surface area contributed by atoms with Gasteiger partial charge in [-0.1, -0.05) is 24.2 Å². The van der Waals surface area contributed by atoms with Crippen molar-refractivity contribution in [3.8, 4) is 0 Å². The predicted octanol–water partition coefficient (Wildman–Crippen LogP) is 3.48. The molecule has 2 aromatic carbocycles. The van der Waals surface area contributed by atoms with Gasteiger partial charge >= 0.3 is 0 Å². The average molecular weight is 436 g/mol. The highest BCUT2D eigenvalue weighted by molar-refractivity contribution is 7.11. The number of benzene rings is 2. The minimum Gasteiger partial charge on any atom is -0.545 e. The molecule has 0 spiro atoms. The molecule has 0 aliphatic heterocycles. The Morgan fingerprint density at radius 3 is 2.63 bits per heavy atom. The van der Waals surface area contributed by atoms with E-state index in [0.29, 0.717) is 38.5 Å². The van der Waals surface area contributed by atoms with Gasteiger partial charge in [-0.15, -0.1) is 11.3 Å². The zero-order chi connectivity index (χ0) is 21.3. The molecule has 1 N–H and O–H groups in total. The van der Waals surface area contributed by atoms with Crippen molar-refractivity contribution in [2.24, 2.45) is 0 Å². The summed E-state index contributed by atoms with van der Waals surface area (Å²) in [5.41, 5.74) is 1.79. The lowest BCUT2D eigenvalue weighted by molar-refractivity contribution is -0.295. The summed E-state index contributed by atoms with van der Waals surface area (Å²) in [6.07, 6.45) is 2.92. The molecule has 4 rings (SSSR count). The first-order valence-corrected chi connectivity index (χ1v) is 9.86. The third kappa shape index (κ3) is 3.78. The van der Waals surface area contributed by atoms with E-state index in [1.165, 1.54) is 17.7 Å². The Morgan fingerprint density at radius 1 is 1.10 bits per heavy atom. The second-order valence-electron chi connectivity index (χ2n) is 6.21. The third-order valence-corrected chi connectivity index (χ3v) is 5.42. The van der Waals surface area contributed by atoms with E-state index in [1.54, 1.807) is 48.0 Å². The number of hydrogen-bond acceptors (Lipinski definition) is 8. The van der Waals surface area contributed by atoms with Crippen LogP contribution < -0.4 is 10.4 Å². The number of carbonyl (C=O) groups is 2. The van der Waals surface area contributed by atoms with Crippen LogP contribution in [0.2, 0.25) is 5.02 Å². The number of carboxylic acids is 1. The summed E-state index contributed by atoms with van der Waals surface area (Å²) in [5.74, 6) is -1.08. The highest BCUT2D eigenvalue weighted by atomic mass is 35.5. The SMILES string of the molecule is C=C(C(=O)[O-])c1ccc2c(Nc3ccc(C(=O)c4nccs4)c(Cl)c3)ncnc2c1. The van der Waals surface area contributed by atoms with Crippen LogP contribution in [0.15, 0.2) is 60.9 Å². The summed E-state index contributed by atoms with van der Waals surface area (Å²) in [5, 5.41) is 17.2. The number of halogens is 1. The molecule has 0 amide bonds. The van der Waals surface area contributed by atoms with Crippen LogP contribution in [0.3, 0.4) is 0 Å². The van der Waals surface area contributed by atoms with Crippen LogP contribution in [-0.2, 0) is 4.79 Å². The number of carbonyl (C=O) groups excluding carboxylic acids is 2. The third-order valence-electron chi connectivity index (χ3n) is 4.33. The van der Waals surface area contributed by atoms with Crippen LogP contribution in [0, 0.1) is 0 Å². The van der Waals surface area contributed by atoms with Crippen molar-refractivity contribution >= 4 is 62.7 Å². The lowest BCUT2D eigenvalue weighted by Crippen LogP contribution is -2.22. The number of hydrogen-bond donors (Lipinski definition) is 1. The molecule has 0 saturated carbocycles. The standard InChI is InChI=1S/C21H13ClN4O3S/c1-11(21(28)29)12-2-4-15-17(8-12)24-10-25-19(15)26-13-3-5-14(16(22)9-13)18(27)20-23-6-7-30-20/h2-10H,1H2,(H,28,29)(H,24,25,26)/p-1. The van der Waals surface area contributed by atoms with Crippen molar-refractivity contribution in [2.75, 3.05) is 5.32 Å². The predicted molar refractivity (Wildman–Crippen MR) is 114 cm³/mol. The number of fused-ring (bicyclic) bond motifs is 1. The molecule has 2 heterocycles. The molecule has 0 atom stereocenters. The van der Waals surface area contributed by atoms with Gasteiger partial charge in [0.25, 0.3) is 0 Å². The maximum absolute atomic E-state index is 12.5. The smallest absolute Gasteiger partial charge is 0.223 e. The summed E-state index contributed by atoms with van der Waals surface area (Å²) in [7, 11) is 0. The van der Waals surface area contributed by atoms with Gasteiger partial charge in [-0.25, -0.2) is 15.0 Å². The van der Waals surface area contributed by atoms with Crippen LogP contribution >= 0.6 is 22.9 Å². The summed E-state index contributed by atoms with van der Waals surface area (Å²) in [6, 6.07) is 9.87. The quantitative estimate of drug-likeness (QED) is 0.365. The molecule has 2 aromatic heterocycles. The van der Waals surface area contributed by atoms with E-state index < -0.39 is 5.97 Å². The summed E-state index contributed by atoms with van der Waals surface area (Å²) in [6.45, 7) is 3.51. The van der Waals surface area contributed by atoms with E-state index in [9.17, 15) is 14.7 Å². The van der Waals surface area contributed by atoms with Gasteiger partial charge in [0, 0.05) is 28.2 Å². The number of carboxylic acid groups (broad SMARTS) is 1. The van der Waals surface area contributed by atoms with Crippen molar-refractivity contribution in [1.82, 2.24) is 15.0 Å². The van der Waals surface area contributed by atoms with Gasteiger partial charge in [0.1, 0.15) is 12.1 Å². The molecule has 9 heteroatoms. The fourth-order valence-electron chi connectivity index (χ4n) is 2.83. The van der Waals surface area contributed by atoms with E-state index in [2.05, 4.69) is 26.8 Å². The van der Waals surface area contributed by atoms with Crippen molar-refractivity contribution in [3.63, 3.8) is 0 Å². The van der Waals surface area contributed by atoms with Crippen LogP contribution in [0.5, 0.6) is 0 Å². The maximum atomic E-state index is 12.5. The minimum absolute atomic E-state index is 0.128. The zero-order valence-corrected chi connectivity index (χ0v) is 16.8. The van der Waals surface area contributed by atoms with Crippen molar-refractivity contribution in [3.05, 3.63) is 82.0 Å². The van der Waals surface area contributed by atoms with Crippen molar-refractivity contribution in [2.45, 2.75) is 0 Å². The van der Waals surface area contributed by atoms with Crippen LogP contribution in [0.1, 0.15) is 20.9 Å². The molecular weight excluding hydrogens is 424 g/mol. The van der Waals surface area contributed by atoms with E-state index in [0.717, 1.165) is 0 Å². The van der Waals surface area contributed by atoms with E-state index in [1.807, 2.05) is 0 Å². The molecular formula is C21H12ClN4O3S-. The fraction of sp³-hybridized carbons (Fsp3) is 0. The molecule has 4 aromatic rings. The molecule has 0 aliphatic rings. The Kier molecular flexibility index (Phi) is 5.26. The first kappa shape index (κ1) is 19.7. The molecule has 7 nitrogen and oxygen atoms in total. The van der Waals surface area contributed by atoms with Gasteiger partial charge in [0.05, 0.1) is 16.5 Å². The van der Waals surface area contributed by atoms with E-state index in [4.69, 9.17) is 11.6 Å². The van der Waals surface area contributed by atoms with E-state index in [-0.39, 0.29) is 16.4 Å². The first-order chi connectivity index (χ1) is 14.4. The Labute approximate surface area is 179 Å². The molecule has 0 bridgehead atoms. The van der Waals surface area contributed by atoms with Crippen molar-refractivity contribution in [1.29, 1.82) is 0 Å². The van der Waals surface area contributed by atoms with Gasteiger partial charge < -0.3 is 15.2 Å². The van der Waals surface area contributed by atoms with Crippen LogP contribution in [0.25, 0.3) is 16.5 Å². The second-order valence-corrected chi connectivity index (χ2v) is 7.51. The monoisotopic (exact) mass is 435 g/mol. The summed E-state index contributed by atoms with van der Waals surface area (Å²) < 4.78 is 0. The maximum Gasteiger partial charge on any atom is 0.223 e. The second kappa shape index (κ2) is 8.02. The fourth-order valence-corrected chi connectivity index (χ4v) is 3.68. The number of aliphatic carboxylic acids is 1. The lowest BCUT2D eigenvalue weighted by Gasteiger charge is -2.12. The molecule has 0 unspecified atom stereocenters. The number of rotatable bonds is 6. The highest BCUT2D eigenvalue weighted by Crippen LogP contribution is 2.29. The number of ketones is 1. The Hall–Kier alpha value is -3.62.